The Bertz CT molecular complexity index is 676. The van der Waals surface area contributed by atoms with Crippen LogP contribution in [-0.4, -0.2) is 12.1 Å². The van der Waals surface area contributed by atoms with Gasteiger partial charge in [0, 0.05) is 11.1 Å². The number of carbonyl (C=O) groups excluding carboxylic acids is 2. The SMILES string of the molecule is O=Cc1ccc(C2(F)CCc3ccccc3C2=O)cc1. The monoisotopic (exact) mass is 268 g/mol. The Kier molecular flexibility index (Phi) is 2.97. The van der Waals surface area contributed by atoms with Crippen LogP contribution in [0.3, 0.4) is 0 Å². The molecule has 0 spiro atoms. The Balaban J connectivity index is 2.04. The predicted molar refractivity (Wildman–Crippen MR) is 73.7 cm³/mol. The van der Waals surface area contributed by atoms with Crippen LogP contribution in [0.4, 0.5) is 4.39 Å². The second kappa shape index (κ2) is 4.67. The number of alkyl halides is 1. The zero-order valence-corrected chi connectivity index (χ0v) is 10.8. The van der Waals surface area contributed by atoms with Crippen molar-refractivity contribution in [2.24, 2.45) is 0 Å². The van der Waals surface area contributed by atoms with E-state index in [1.165, 1.54) is 24.3 Å². The molecule has 1 aliphatic rings. The van der Waals surface area contributed by atoms with Crippen LogP contribution in [0.5, 0.6) is 0 Å². The molecule has 1 aliphatic carbocycles. The van der Waals surface area contributed by atoms with Crippen LogP contribution < -0.4 is 0 Å². The third kappa shape index (κ3) is 1.86. The molecule has 0 heterocycles. The van der Waals surface area contributed by atoms with Crippen molar-refractivity contribution in [3.8, 4) is 0 Å². The lowest BCUT2D eigenvalue weighted by Gasteiger charge is -2.30. The molecule has 0 N–H and O–H groups in total. The number of carbonyl (C=O) groups is 2. The number of fused-ring (bicyclic) bond motifs is 1. The highest BCUT2D eigenvalue weighted by atomic mass is 19.1. The molecule has 2 aromatic rings. The maximum Gasteiger partial charge on any atom is 0.204 e. The predicted octanol–water partition coefficient (Wildman–Crippen LogP) is 3.49. The molecule has 0 radical (unpaired) electrons. The highest BCUT2D eigenvalue weighted by Crippen LogP contribution is 2.39. The molecule has 2 aromatic carbocycles. The molecule has 0 aliphatic heterocycles. The molecule has 1 atom stereocenters. The Labute approximate surface area is 116 Å². The largest absolute Gasteiger partial charge is 0.298 e. The van der Waals surface area contributed by atoms with Crippen LogP contribution in [0.1, 0.15) is 38.3 Å². The average molecular weight is 268 g/mol. The number of aldehydes is 1. The van der Waals surface area contributed by atoms with E-state index in [0.717, 1.165) is 5.56 Å². The molecule has 0 aromatic heterocycles. The molecule has 100 valence electrons. The van der Waals surface area contributed by atoms with Gasteiger partial charge >= 0.3 is 0 Å². The van der Waals surface area contributed by atoms with E-state index in [2.05, 4.69) is 0 Å². The van der Waals surface area contributed by atoms with Crippen LogP contribution in [0.25, 0.3) is 0 Å². The Hall–Kier alpha value is -2.29. The van der Waals surface area contributed by atoms with Gasteiger partial charge in [0.15, 0.2) is 5.67 Å². The first kappa shape index (κ1) is 12.7. The number of halogens is 1. The summed E-state index contributed by atoms with van der Waals surface area (Å²) in [6.07, 6.45) is 1.38. The summed E-state index contributed by atoms with van der Waals surface area (Å²) in [4.78, 5) is 23.1. The van der Waals surface area contributed by atoms with Gasteiger partial charge < -0.3 is 0 Å². The first-order chi connectivity index (χ1) is 9.65. The number of ketones is 1. The molecule has 0 saturated heterocycles. The number of hydrogen-bond acceptors (Lipinski definition) is 2. The molecule has 0 fully saturated rings. The van der Waals surface area contributed by atoms with Crippen molar-refractivity contribution in [1.29, 1.82) is 0 Å². The molecule has 3 heteroatoms. The highest BCUT2D eigenvalue weighted by Gasteiger charge is 2.44. The highest BCUT2D eigenvalue weighted by molar-refractivity contribution is 6.05. The fraction of sp³-hybridized carbons (Fsp3) is 0.176. The normalized spacial score (nSPS) is 21.4. The molecule has 1 unspecified atom stereocenters. The number of hydrogen-bond donors (Lipinski definition) is 0. The first-order valence-corrected chi connectivity index (χ1v) is 6.52. The van der Waals surface area contributed by atoms with Gasteiger partial charge in [0.25, 0.3) is 0 Å². The average Bonchev–Trinajstić information content (AvgIpc) is 2.51. The van der Waals surface area contributed by atoms with Crippen molar-refractivity contribution in [3.63, 3.8) is 0 Å². The van der Waals surface area contributed by atoms with Crippen molar-refractivity contribution in [2.45, 2.75) is 18.5 Å². The lowest BCUT2D eigenvalue weighted by molar-refractivity contribution is 0.0630. The van der Waals surface area contributed by atoms with Crippen LogP contribution >= 0.6 is 0 Å². The second-order valence-corrected chi connectivity index (χ2v) is 5.03. The Morgan fingerprint density at radius 2 is 1.75 bits per heavy atom. The summed E-state index contributed by atoms with van der Waals surface area (Å²) < 4.78 is 15.2. The quantitative estimate of drug-likeness (QED) is 0.781. The number of rotatable bonds is 2. The smallest absolute Gasteiger partial charge is 0.204 e. The summed E-state index contributed by atoms with van der Waals surface area (Å²) >= 11 is 0. The van der Waals surface area contributed by atoms with Gasteiger partial charge in [-0.2, -0.15) is 0 Å². The van der Waals surface area contributed by atoms with Crippen LogP contribution in [0.15, 0.2) is 48.5 Å². The molecule has 0 saturated carbocycles. The number of benzene rings is 2. The van der Waals surface area contributed by atoms with Gasteiger partial charge in [-0.3, -0.25) is 9.59 Å². The third-order valence-corrected chi connectivity index (χ3v) is 3.87. The van der Waals surface area contributed by atoms with Crippen molar-refractivity contribution in [1.82, 2.24) is 0 Å². The van der Waals surface area contributed by atoms with E-state index >= 15 is 4.39 Å². The molecule has 20 heavy (non-hydrogen) atoms. The molecule has 0 amide bonds. The minimum atomic E-state index is -1.99. The van der Waals surface area contributed by atoms with Crippen molar-refractivity contribution in [2.75, 3.05) is 0 Å². The Morgan fingerprint density at radius 1 is 1.05 bits per heavy atom. The van der Waals surface area contributed by atoms with Crippen LogP contribution in [0, 0.1) is 0 Å². The van der Waals surface area contributed by atoms with E-state index < -0.39 is 11.5 Å². The minimum absolute atomic E-state index is 0.142. The van der Waals surface area contributed by atoms with Gasteiger partial charge in [0.1, 0.15) is 6.29 Å². The maximum absolute atomic E-state index is 15.2. The van der Waals surface area contributed by atoms with Gasteiger partial charge in [-0.15, -0.1) is 0 Å². The van der Waals surface area contributed by atoms with E-state index in [9.17, 15) is 9.59 Å². The maximum atomic E-state index is 15.2. The van der Waals surface area contributed by atoms with Crippen LogP contribution in [-0.2, 0) is 12.1 Å². The van der Waals surface area contributed by atoms with E-state index in [-0.39, 0.29) is 6.42 Å². The van der Waals surface area contributed by atoms with Gasteiger partial charge in [-0.1, -0.05) is 48.5 Å². The lowest BCUT2D eigenvalue weighted by Crippen LogP contribution is -2.36. The molecular formula is C17H13FO2. The van der Waals surface area contributed by atoms with Gasteiger partial charge in [-0.25, -0.2) is 4.39 Å². The van der Waals surface area contributed by atoms with Gasteiger partial charge in [0.05, 0.1) is 0 Å². The summed E-state index contributed by atoms with van der Waals surface area (Å²) in [5.41, 5.74) is 0.162. The minimum Gasteiger partial charge on any atom is -0.298 e. The Morgan fingerprint density at radius 3 is 2.45 bits per heavy atom. The fourth-order valence-electron chi connectivity index (χ4n) is 2.70. The number of aryl methyl sites for hydroxylation is 1. The third-order valence-electron chi connectivity index (χ3n) is 3.87. The zero-order chi connectivity index (χ0) is 14.2. The van der Waals surface area contributed by atoms with Gasteiger partial charge in [0.2, 0.25) is 5.78 Å². The number of Topliss-reactive ketones (excluding diaryl/α,β-unsaturated/α-hetero) is 1. The molecule has 2 nitrogen and oxygen atoms in total. The standard InChI is InChI=1S/C17H13FO2/c18-17(14-7-5-12(11-19)6-8-14)10-9-13-3-1-2-4-15(13)16(17)20/h1-8,11H,9-10H2. The summed E-state index contributed by atoms with van der Waals surface area (Å²) in [5.74, 6) is -0.488. The van der Waals surface area contributed by atoms with Crippen LogP contribution in [0.2, 0.25) is 0 Å². The summed E-state index contributed by atoms with van der Waals surface area (Å²) in [6, 6.07) is 13.3. The zero-order valence-electron chi connectivity index (χ0n) is 10.8. The second-order valence-electron chi connectivity index (χ2n) is 5.03. The van der Waals surface area contributed by atoms with E-state index in [1.54, 1.807) is 12.1 Å². The van der Waals surface area contributed by atoms with E-state index in [0.29, 0.717) is 29.4 Å². The molecule has 3 rings (SSSR count). The first-order valence-electron chi connectivity index (χ1n) is 6.52. The van der Waals surface area contributed by atoms with E-state index in [1.807, 2.05) is 12.1 Å². The van der Waals surface area contributed by atoms with Crippen molar-refractivity contribution in [3.05, 3.63) is 70.8 Å². The van der Waals surface area contributed by atoms with Gasteiger partial charge in [-0.05, 0) is 24.0 Å². The summed E-state index contributed by atoms with van der Waals surface area (Å²) in [6.45, 7) is 0. The summed E-state index contributed by atoms with van der Waals surface area (Å²) in [5, 5.41) is 0. The topological polar surface area (TPSA) is 34.1 Å². The molecule has 0 bridgehead atoms. The van der Waals surface area contributed by atoms with E-state index in [4.69, 9.17) is 0 Å². The van der Waals surface area contributed by atoms with Crippen molar-refractivity contribution >= 4 is 12.1 Å². The lowest BCUT2D eigenvalue weighted by atomic mass is 9.76. The van der Waals surface area contributed by atoms with Crippen molar-refractivity contribution < 1.29 is 14.0 Å². The molecular weight excluding hydrogens is 255 g/mol. The summed E-state index contributed by atoms with van der Waals surface area (Å²) in [7, 11) is 0. The fourth-order valence-corrected chi connectivity index (χ4v) is 2.70.